The van der Waals surface area contributed by atoms with Gasteiger partial charge in [0.25, 0.3) is 0 Å². The van der Waals surface area contributed by atoms with Crippen LogP contribution in [0.2, 0.25) is 0 Å². The maximum absolute atomic E-state index is 2.73. The fourth-order valence-electron chi connectivity index (χ4n) is 9.89. The van der Waals surface area contributed by atoms with Gasteiger partial charge in [0.1, 0.15) is 0 Å². The van der Waals surface area contributed by atoms with Gasteiger partial charge >= 0.3 is 421 Å². The third-order valence-electron chi connectivity index (χ3n) is 13.0. The predicted octanol–water partition coefficient (Wildman–Crippen LogP) is 4.55. The minimum absolute atomic E-state index is 0. The average Bonchev–Trinajstić information content (AvgIpc) is 3.98. The number of hydrogen-bond donors (Lipinski definition) is 0. The van der Waals surface area contributed by atoms with Gasteiger partial charge in [0.15, 0.2) is 0 Å². The molecule has 0 aromatic heterocycles. The van der Waals surface area contributed by atoms with Crippen molar-refractivity contribution >= 4 is 45.0 Å². The van der Waals surface area contributed by atoms with Gasteiger partial charge < -0.3 is 24.8 Å². The van der Waals surface area contributed by atoms with Gasteiger partial charge in [-0.2, -0.15) is 0 Å². The summed E-state index contributed by atoms with van der Waals surface area (Å²) in [6.07, 6.45) is 0. The molecule has 70 heavy (non-hydrogen) atoms. The second-order valence-corrected chi connectivity index (χ2v) is 53.0. The molecular formula is C64H48Cl2Hf2Si2-2. The summed E-state index contributed by atoms with van der Waals surface area (Å²) in [5.74, 6) is 0. The summed E-state index contributed by atoms with van der Waals surface area (Å²) in [6.45, 7) is 0. The summed E-state index contributed by atoms with van der Waals surface area (Å²) in [6, 6.07) is 109. The Morgan fingerprint density at radius 3 is 0.586 bits per heavy atom. The van der Waals surface area contributed by atoms with Gasteiger partial charge in [-0.25, -0.2) is 0 Å². The Balaban J connectivity index is 0.000000169. The van der Waals surface area contributed by atoms with E-state index in [1.165, 1.54) is 65.3 Å². The summed E-state index contributed by atoms with van der Waals surface area (Å²) in [4.78, 5) is 0. The first-order valence-corrected chi connectivity index (χ1v) is 44.4. The van der Waals surface area contributed by atoms with Crippen LogP contribution in [0, 0.1) is 0 Å². The molecule has 0 saturated heterocycles. The molecule has 0 aliphatic heterocycles. The molecule has 0 atom stereocenters. The van der Waals surface area contributed by atoms with Crippen molar-refractivity contribution in [3.63, 3.8) is 0 Å². The molecule has 4 aromatic rings. The van der Waals surface area contributed by atoms with Crippen LogP contribution < -0.4 is 58.8 Å². The summed E-state index contributed by atoms with van der Waals surface area (Å²) < 4.78 is 6.54. The zero-order chi connectivity index (χ0) is 45.5. The van der Waals surface area contributed by atoms with E-state index in [2.05, 4.69) is 291 Å². The molecule has 0 spiro atoms. The molecule has 8 aliphatic rings. The number of benzene rings is 4. The zero-order valence-electron chi connectivity index (χ0n) is 38.5. The van der Waals surface area contributed by atoms with Crippen LogP contribution in [0.5, 0.6) is 0 Å². The molecule has 0 N–H and O–H groups in total. The Morgan fingerprint density at radius 2 is 0.371 bits per heavy atom. The van der Waals surface area contributed by atoms with Crippen molar-refractivity contribution in [3.8, 4) is 44.5 Å². The first-order valence-electron chi connectivity index (χ1n) is 23.4. The standard InChI is InChI=1S/2C12H10Si.4C10H7.2ClH.2Hf/c2*1-3-7-11(8-4-1)13-12-9-5-2-6-10-12;4*1-2-5-9-7-4-8-10(9)6-3-1;;;;/h2*1-10H;4*1-7H;2*1H;;/p-2. The Kier molecular flexibility index (Phi) is 16.6. The van der Waals surface area contributed by atoms with Gasteiger partial charge in [-0.05, 0) is 0 Å². The molecule has 4 aromatic carbocycles. The van der Waals surface area contributed by atoms with Crippen LogP contribution in [0.3, 0.4) is 0 Å². The molecule has 6 heteroatoms. The zero-order valence-corrected chi connectivity index (χ0v) is 49.2. The van der Waals surface area contributed by atoms with E-state index in [0.717, 1.165) is 0 Å². The van der Waals surface area contributed by atoms with Crippen LogP contribution >= 0.6 is 0 Å². The number of fused-ring (bicyclic) bond motifs is 4. The van der Waals surface area contributed by atoms with Crippen LogP contribution in [-0.2, 0) is 40.1 Å². The summed E-state index contributed by atoms with van der Waals surface area (Å²) in [5, 5.41) is 6.13. The van der Waals surface area contributed by atoms with Crippen molar-refractivity contribution in [3.05, 3.63) is 291 Å². The Labute approximate surface area is 441 Å². The third-order valence-corrected chi connectivity index (χ3v) is 63.7. The van der Waals surface area contributed by atoms with Crippen molar-refractivity contribution in [2.45, 2.75) is 0 Å². The molecule has 0 radical (unpaired) electrons. The molecule has 0 unspecified atom stereocenters. The molecule has 0 saturated carbocycles. The molecule has 336 valence electrons. The maximum atomic E-state index is 2.46. The first kappa shape index (κ1) is 49.4. The summed E-state index contributed by atoms with van der Waals surface area (Å²) in [7, 11) is 0. The van der Waals surface area contributed by atoms with Crippen LogP contribution in [0.1, 0.15) is 0 Å². The van der Waals surface area contributed by atoms with Crippen molar-refractivity contribution in [1.29, 1.82) is 0 Å². The normalized spacial score (nSPS) is 10.6. The van der Waals surface area contributed by atoms with E-state index in [4.69, 9.17) is 0 Å². The monoisotopic (exact) mass is 1300 g/mol. The fraction of sp³-hybridized carbons (Fsp3) is 0. The average molecular weight is 1300 g/mol. The van der Waals surface area contributed by atoms with E-state index < -0.39 is 51.1 Å². The van der Waals surface area contributed by atoms with E-state index in [0.29, 0.717) is 0 Å². The van der Waals surface area contributed by atoms with Gasteiger partial charge in [-0.15, -0.1) is 0 Å². The molecule has 0 heterocycles. The van der Waals surface area contributed by atoms with Gasteiger partial charge in [-0.3, -0.25) is 0 Å². The number of hydrogen-bond acceptors (Lipinski definition) is 0. The van der Waals surface area contributed by atoms with Crippen molar-refractivity contribution in [2.24, 2.45) is 0 Å². The predicted molar refractivity (Wildman–Crippen MR) is 287 cm³/mol. The third kappa shape index (κ3) is 10.4. The van der Waals surface area contributed by atoms with Gasteiger partial charge in [0.2, 0.25) is 0 Å². The van der Waals surface area contributed by atoms with Gasteiger partial charge in [0, 0.05) is 0 Å². The number of rotatable bonds is 8. The number of halogens is 2. The summed E-state index contributed by atoms with van der Waals surface area (Å²) in [5.41, 5.74) is 9.19. The van der Waals surface area contributed by atoms with Crippen molar-refractivity contribution < 1.29 is 64.9 Å². The van der Waals surface area contributed by atoms with Crippen LogP contribution in [0.15, 0.2) is 291 Å². The van der Waals surface area contributed by atoms with E-state index in [1.54, 1.807) is 13.3 Å². The van der Waals surface area contributed by atoms with Crippen LogP contribution in [0.25, 0.3) is 44.5 Å². The Hall–Kier alpha value is -5.57. The quantitative estimate of drug-likeness (QED) is 0.196. The van der Waals surface area contributed by atoms with E-state index in [1.807, 2.05) is 0 Å². The van der Waals surface area contributed by atoms with Crippen LogP contribution in [0.4, 0.5) is 0 Å². The van der Waals surface area contributed by atoms with E-state index >= 15 is 0 Å². The molecule has 8 aliphatic carbocycles. The summed E-state index contributed by atoms with van der Waals surface area (Å²) >= 11 is -5.47. The Morgan fingerprint density at radius 1 is 0.186 bits per heavy atom. The van der Waals surface area contributed by atoms with E-state index in [-0.39, 0.29) is 24.8 Å². The molecule has 0 bridgehead atoms. The first-order chi connectivity index (χ1) is 33.8. The van der Waals surface area contributed by atoms with Crippen molar-refractivity contribution in [1.82, 2.24) is 0 Å². The fourth-order valence-corrected chi connectivity index (χ4v) is 66.1. The van der Waals surface area contributed by atoms with Gasteiger partial charge in [0.05, 0.1) is 0 Å². The van der Waals surface area contributed by atoms with E-state index in [9.17, 15) is 0 Å². The second kappa shape index (κ2) is 23.6. The Bertz CT molecular complexity index is 3090. The molecule has 0 amide bonds. The second-order valence-electron chi connectivity index (χ2n) is 17.1. The van der Waals surface area contributed by atoms with Crippen molar-refractivity contribution in [2.75, 3.05) is 0 Å². The molecular weight excluding hydrogens is 1250 g/mol. The molecule has 0 nitrogen and oxygen atoms in total. The SMILES string of the molecule is [Cl-].[Cl-].c1ccc([Si](c2ccccc2)=[Hf]([c]2ccc3cccccc2-3)[c]2ccc3cccccc2-3)cc1.c1ccc([Si](c2ccccc2)=[Hf]([c]2ccc3cccccc2-3)[c]2ccc3cccccc2-3)cc1. The van der Waals surface area contributed by atoms with Gasteiger partial charge in [-0.1, -0.05) is 0 Å². The topological polar surface area (TPSA) is 0 Å². The van der Waals surface area contributed by atoms with Crippen LogP contribution in [-0.4, -0.2) is 11.0 Å². The molecule has 12 rings (SSSR count). The molecule has 0 fully saturated rings. The minimum atomic E-state index is -2.73.